The summed E-state index contributed by atoms with van der Waals surface area (Å²) in [7, 11) is 0. The van der Waals surface area contributed by atoms with E-state index in [0.717, 1.165) is 28.3 Å². The van der Waals surface area contributed by atoms with E-state index in [9.17, 15) is 0 Å². The molecule has 0 unspecified atom stereocenters. The fourth-order valence-electron chi connectivity index (χ4n) is 8.19. The number of nitrogens with zero attached hydrogens (tertiary/aromatic N) is 2. The maximum Gasteiger partial charge on any atom is 0.0547 e. The summed E-state index contributed by atoms with van der Waals surface area (Å²) in [4.78, 5) is 2.44. The first-order valence-electron chi connectivity index (χ1n) is 18.5. The lowest BCUT2D eigenvalue weighted by Gasteiger charge is -2.29. The van der Waals surface area contributed by atoms with Gasteiger partial charge in [-0.15, -0.1) is 0 Å². The molecule has 0 fully saturated rings. The molecule has 1 aromatic heterocycles. The lowest BCUT2D eigenvalue weighted by atomic mass is 9.90. The molecule has 2 heteroatoms. The van der Waals surface area contributed by atoms with Crippen LogP contribution in [0.1, 0.15) is 0 Å². The molecule has 0 spiro atoms. The Morgan fingerprint density at radius 2 is 0.833 bits per heavy atom. The van der Waals surface area contributed by atoms with Crippen LogP contribution in [0.15, 0.2) is 218 Å². The van der Waals surface area contributed by atoms with E-state index in [4.69, 9.17) is 0 Å². The van der Waals surface area contributed by atoms with Crippen molar-refractivity contribution in [3.63, 3.8) is 0 Å². The van der Waals surface area contributed by atoms with Crippen LogP contribution in [-0.2, 0) is 0 Å². The average molecular weight is 689 g/mol. The molecular formula is C52H36N2. The molecule has 10 rings (SSSR count). The van der Waals surface area contributed by atoms with Crippen molar-refractivity contribution in [3.8, 4) is 39.1 Å². The number of anilines is 3. The Hall–Kier alpha value is -7.16. The zero-order valence-corrected chi connectivity index (χ0v) is 29.7. The summed E-state index contributed by atoms with van der Waals surface area (Å²) in [6, 6.07) is 78.9. The second kappa shape index (κ2) is 13.4. The third-order valence-corrected chi connectivity index (χ3v) is 10.6. The molecule has 0 saturated carbocycles. The van der Waals surface area contributed by atoms with Crippen molar-refractivity contribution in [2.24, 2.45) is 0 Å². The van der Waals surface area contributed by atoms with Gasteiger partial charge in [0.25, 0.3) is 0 Å². The lowest BCUT2D eigenvalue weighted by molar-refractivity contribution is 1.18. The van der Waals surface area contributed by atoms with Crippen molar-refractivity contribution < 1.29 is 0 Å². The van der Waals surface area contributed by atoms with Crippen molar-refractivity contribution >= 4 is 49.6 Å². The number of para-hydroxylation sites is 3. The van der Waals surface area contributed by atoms with Gasteiger partial charge in [-0.3, -0.25) is 0 Å². The number of benzene rings is 9. The molecule has 254 valence electrons. The topological polar surface area (TPSA) is 8.17 Å². The Bertz CT molecular complexity index is 2920. The van der Waals surface area contributed by atoms with Crippen LogP contribution in [-0.4, -0.2) is 4.57 Å². The first-order valence-corrected chi connectivity index (χ1v) is 18.5. The molecule has 0 aliphatic heterocycles. The molecule has 0 aliphatic rings. The van der Waals surface area contributed by atoms with Crippen LogP contribution < -0.4 is 4.90 Å². The predicted molar refractivity (Wildman–Crippen MR) is 229 cm³/mol. The van der Waals surface area contributed by atoms with Gasteiger partial charge < -0.3 is 9.47 Å². The summed E-state index contributed by atoms with van der Waals surface area (Å²) in [5.74, 6) is 0. The zero-order valence-electron chi connectivity index (χ0n) is 29.7. The highest BCUT2D eigenvalue weighted by Gasteiger charge is 2.22. The minimum Gasteiger partial charge on any atom is -0.309 e. The van der Waals surface area contributed by atoms with Gasteiger partial charge in [-0.2, -0.15) is 0 Å². The number of aromatic nitrogens is 1. The first-order chi connectivity index (χ1) is 26.8. The minimum atomic E-state index is 1.10. The van der Waals surface area contributed by atoms with Crippen molar-refractivity contribution in [2.75, 3.05) is 4.90 Å². The minimum absolute atomic E-state index is 1.10. The molecule has 0 atom stereocenters. The summed E-state index contributed by atoms with van der Waals surface area (Å²) in [5.41, 5.74) is 14.1. The van der Waals surface area contributed by atoms with Gasteiger partial charge >= 0.3 is 0 Å². The number of hydrogen-bond acceptors (Lipinski definition) is 1. The fraction of sp³-hybridized carbons (Fsp3) is 0. The van der Waals surface area contributed by atoms with Crippen LogP contribution in [0.4, 0.5) is 17.1 Å². The third-order valence-electron chi connectivity index (χ3n) is 10.6. The van der Waals surface area contributed by atoms with Crippen molar-refractivity contribution in [1.82, 2.24) is 4.57 Å². The summed E-state index contributed by atoms with van der Waals surface area (Å²) < 4.78 is 2.39. The van der Waals surface area contributed by atoms with Crippen LogP contribution in [0.5, 0.6) is 0 Å². The largest absolute Gasteiger partial charge is 0.309 e. The van der Waals surface area contributed by atoms with Gasteiger partial charge in [-0.25, -0.2) is 0 Å². The molecule has 0 N–H and O–H groups in total. The van der Waals surface area contributed by atoms with E-state index < -0.39 is 0 Å². The zero-order chi connectivity index (χ0) is 35.8. The van der Waals surface area contributed by atoms with Gasteiger partial charge in [0.05, 0.1) is 22.4 Å². The van der Waals surface area contributed by atoms with Gasteiger partial charge in [0.2, 0.25) is 0 Å². The monoisotopic (exact) mass is 688 g/mol. The average Bonchev–Trinajstić information content (AvgIpc) is 3.60. The highest BCUT2D eigenvalue weighted by atomic mass is 15.1. The summed E-state index contributed by atoms with van der Waals surface area (Å²) >= 11 is 0. The van der Waals surface area contributed by atoms with E-state index in [1.807, 2.05) is 0 Å². The molecule has 9 aromatic carbocycles. The van der Waals surface area contributed by atoms with Crippen LogP contribution in [0, 0.1) is 0 Å². The number of hydrogen-bond donors (Lipinski definition) is 0. The highest BCUT2D eigenvalue weighted by molar-refractivity contribution is 6.17. The van der Waals surface area contributed by atoms with E-state index >= 15 is 0 Å². The van der Waals surface area contributed by atoms with E-state index in [1.54, 1.807) is 0 Å². The summed E-state index contributed by atoms with van der Waals surface area (Å²) in [5, 5.41) is 4.91. The van der Waals surface area contributed by atoms with E-state index in [2.05, 4.69) is 228 Å². The first kappa shape index (κ1) is 31.6. The molecule has 0 amide bonds. The standard InChI is InChI=1S/C52H36N2/c1-3-17-37(18-4-1)38-33-35-41(36-34-38)53(48-31-15-20-39-19-7-8-23-42(39)48)49-29-13-11-26-45(49)43-24-9-10-25-44(43)46-28-16-32-51-52(46)47-27-12-14-30-50(47)54(51)40-21-5-2-6-22-40/h1-36H. The number of fused-ring (bicyclic) bond motifs is 4. The molecular weight excluding hydrogens is 653 g/mol. The van der Waals surface area contributed by atoms with Gasteiger partial charge in [0.15, 0.2) is 0 Å². The highest BCUT2D eigenvalue weighted by Crippen LogP contribution is 2.47. The Balaban J connectivity index is 1.20. The van der Waals surface area contributed by atoms with Gasteiger partial charge in [-0.05, 0) is 81.7 Å². The number of rotatable bonds is 7. The third kappa shape index (κ3) is 5.36. The maximum absolute atomic E-state index is 2.44. The van der Waals surface area contributed by atoms with Crippen LogP contribution in [0.2, 0.25) is 0 Å². The van der Waals surface area contributed by atoms with Crippen molar-refractivity contribution in [3.05, 3.63) is 218 Å². The van der Waals surface area contributed by atoms with Crippen LogP contribution in [0.3, 0.4) is 0 Å². The fourth-order valence-corrected chi connectivity index (χ4v) is 8.19. The Labute approximate surface area is 315 Å². The quantitative estimate of drug-likeness (QED) is 0.162. The molecule has 0 aliphatic carbocycles. The van der Waals surface area contributed by atoms with Gasteiger partial charge in [-0.1, -0.05) is 170 Å². The summed E-state index contributed by atoms with van der Waals surface area (Å²) in [6.45, 7) is 0. The van der Waals surface area contributed by atoms with Crippen LogP contribution in [0.25, 0.3) is 71.6 Å². The van der Waals surface area contributed by atoms with Gasteiger partial charge in [0.1, 0.15) is 0 Å². The van der Waals surface area contributed by atoms with E-state index in [-0.39, 0.29) is 0 Å². The molecule has 0 radical (unpaired) electrons. The maximum atomic E-state index is 2.44. The van der Waals surface area contributed by atoms with Crippen molar-refractivity contribution in [2.45, 2.75) is 0 Å². The SMILES string of the molecule is c1ccc(-c2ccc(N(c3ccccc3-c3ccccc3-c3cccc4c3c3ccccc3n4-c3ccccc3)c3cccc4ccccc34)cc2)cc1. The second-order valence-corrected chi connectivity index (χ2v) is 13.7. The predicted octanol–water partition coefficient (Wildman–Crippen LogP) is 14.4. The van der Waals surface area contributed by atoms with E-state index in [1.165, 1.54) is 60.4 Å². The van der Waals surface area contributed by atoms with E-state index in [0.29, 0.717) is 0 Å². The van der Waals surface area contributed by atoms with Gasteiger partial charge in [0, 0.05) is 33.1 Å². The normalized spacial score (nSPS) is 11.3. The molecule has 54 heavy (non-hydrogen) atoms. The Morgan fingerprint density at radius 3 is 1.63 bits per heavy atom. The molecule has 0 bridgehead atoms. The second-order valence-electron chi connectivity index (χ2n) is 13.7. The molecule has 0 saturated heterocycles. The molecule has 1 heterocycles. The van der Waals surface area contributed by atoms with Crippen LogP contribution >= 0.6 is 0 Å². The Morgan fingerprint density at radius 1 is 0.315 bits per heavy atom. The smallest absolute Gasteiger partial charge is 0.0547 e. The molecule has 10 aromatic rings. The molecule has 2 nitrogen and oxygen atoms in total. The summed E-state index contributed by atoms with van der Waals surface area (Å²) in [6.07, 6.45) is 0. The lowest BCUT2D eigenvalue weighted by Crippen LogP contribution is -2.12. The van der Waals surface area contributed by atoms with Crippen molar-refractivity contribution in [1.29, 1.82) is 0 Å². The Kier molecular flexibility index (Phi) is 7.85.